The molecule has 6 nitrogen and oxygen atoms in total. The molecule has 1 aromatic carbocycles. The lowest BCUT2D eigenvalue weighted by atomic mass is 10.1. The van der Waals surface area contributed by atoms with Crippen molar-refractivity contribution in [3.8, 4) is 0 Å². The predicted molar refractivity (Wildman–Crippen MR) is 126 cm³/mol. The molecule has 0 radical (unpaired) electrons. The highest BCUT2D eigenvalue weighted by Gasteiger charge is 2.26. The van der Waals surface area contributed by atoms with Crippen LogP contribution < -0.4 is 10.6 Å². The lowest BCUT2D eigenvalue weighted by molar-refractivity contribution is 0.306. The molecule has 0 saturated carbocycles. The van der Waals surface area contributed by atoms with Crippen molar-refractivity contribution < 1.29 is 12.8 Å². The number of guanidine groups is 1. The summed E-state index contributed by atoms with van der Waals surface area (Å²) in [5.74, 6) is 1.49. The van der Waals surface area contributed by atoms with E-state index in [1.165, 1.54) is 12.1 Å². The molecule has 160 valence electrons. The molecular formula is C18H30FIN4O2S2. The molecule has 2 rings (SSSR count). The standard InChI is InChI=1S/C18H29FN4O2S2.HI/c1-3-20-18(21-11-14-26-17-7-5-15(19)6-8-17)22-16-9-12-23(13-10-16)27(24,25)4-2;/h5-8,16H,3-4,9-14H2,1-2H3,(H2,20,21,22);1H. The Hall–Kier alpha value is -0.590. The molecule has 1 fully saturated rings. The highest BCUT2D eigenvalue weighted by Crippen LogP contribution is 2.18. The highest BCUT2D eigenvalue weighted by molar-refractivity contribution is 14.0. The van der Waals surface area contributed by atoms with Crippen LogP contribution in [0.5, 0.6) is 0 Å². The molecular weight excluding hydrogens is 514 g/mol. The van der Waals surface area contributed by atoms with Gasteiger partial charge in [-0.25, -0.2) is 17.1 Å². The summed E-state index contributed by atoms with van der Waals surface area (Å²) >= 11 is 1.64. The molecule has 28 heavy (non-hydrogen) atoms. The molecule has 1 aliphatic heterocycles. The van der Waals surface area contributed by atoms with Crippen LogP contribution in [0.2, 0.25) is 0 Å². The number of benzene rings is 1. The second-order valence-corrected chi connectivity index (χ2v) is 9.71. The van der Waals surface area contributed by atoms with Crippen LogP contribution in [0, 0.1) is 5.82 Å². The van der Waals surface area contributed by atoms with Crippen molar-refractivity contribution in [3.63, 3.8) is 0 Å². The van der Waals surface area contributed by atoms with Gasteiger partial charge in [-0.1, -0.05) is 0 Å². The Morgan fingerprint density at radius 1 is 1.25 bits per heavy atom. The van der Waals surface area contributed by atoms with Gasteiger partial charge in [0.1, 0.15) is 5.82 Å². The number of thioether (sulfide) groups is 1. The quantitative estimate of drug-likeness (QED) is 0.173. The Bertz CT molecular complexity index is 709. The second kappa shape index (κ2) is 12.9. The van der Waals surface area contributed by atoms with Crippen molar-refractivity contribution in [2.75, 3.05) is 37.7 Å². The van der Waals surface area contributed by atoms with Crippen LogP contribution in [0.25, 0.3) is 0 Å². The van der Waals surface area contributed by atoms with Gasteiger partial charge in [0.05, 0.1) is 12.3 Å². The largest absolute Gasteiger partial charge is 0.357 e. The van der Waals surface area contributed by atoms with Gasteiger partial charge in [-0.2, -0.15) is 0 Å². The summed E-state index contributed by atoms with van der Waals surface area (Å²) in [5.41, 5.74) is 0. The van der Waals surface area contributed by atoms with Crippen LogP contribution in [0.4, 0.5) is 4.39 Å². The minimum Gasteiger partial charge on any atom is -0.357 e. The molecule has 1 heterocycles. The maximum atomic E-state index is 12.9. The first-order chi connectivity index (χ1) is 12.9. The fourth-order valence-electron chi connectivity index (χ4n) is 2.83. The number of nitrogens with zero attached hydrogens (tertiary/aromatic N) is 2. The van der Waals surface area contributed by atoms with Crippen molar-refractivity contribution >= 4 is 51.7 Å². The Kier molecular flexibility index (Phi) is 11.7. The molecule has 0 atom stereocenters. The first-order valence-corrected chi connectivity index (χ1v) is 11.9. The van der Waals surface area contributed by atoms with E-state index >= 15 is 0 Å². The molecule has 0 spiro atoms. The van der Waals surface area contributed by atoms with Crippen molar-refractivity contribution in [2.45, 2.75) is 37.6 Å². The summed E-state index contributed by atoms with van der Waals surface area (Å²) in [4.78, 5) is 5.61. The van der Waals surface area contributed by atoms with E-state index in [0.717, 1.165) is 36.0 Å². The molecule has 0 amide bonds. The number of hydrogen-bond donors (Lipinski definition) is 2. The number of sulfonamides is 1. The van der Waals surface area contributed by atoms with E-state index in [2.05, 4.69) is 15.6 Å². The van der Waals surface area contributed by atoms with E-state index in [1.54, 1.807) is 35.1 Å². The summed E-state index contributed by atoms with van der Waals surface area (Å²) in [6.07, 6.45) is 1.54. The lowest BCUT2D eigenvalue weighted by Crippen LogP contribution is -2.50. The van der Waals surface area contributed by atoms with Crippen molar-refractivity contribution in [2.24, 2.45) is 4.99 Å². The zero-order chi connectivity index (χ0) is 19.7. The monoisotopic (exact) mass is 544 g/mol. The van der Waals surface area contributed by atoms with Gasteiger partial charge >= 0.3 is 0 Å². The number of piperidine rings is 1. The Morgan fingerprint density at radius 3 is 2.46 bits per heavy atom. The third-order valence-corrected chi connectivity index (χ3v) is 7.21. The Balaban J connectivity index is 0.00000392. The van der Waals surface area contributed by atoms with Crippen LogP contribution in [0.1, 0.15) is 26.7 Å². The molecule has 1 aromatic rings. The summed E-state index contributed by atoms with van der Waals surface area (Å²) in [7, 11) is -3.10. The number of rotatable bonds is 8. The van der Waals surface area contributed by atoms with Crippen LogP contribution in [-0.2, 0) is 10.0 Å². The van der Waals surface area contributed by atoms with E-state index in [0.29, 0.717) is 19.6 Å². The third kappa shape index (κ3) is 8.42. The molecule has 1 aliphatic rings. The normalized spacial score (nSPS) is 16.5. The Labute approximate surface area is 189 Å². The average molecular weight is 545 g/mol. The fourth-order valence-corrected chi connectivity index (χ4v) is 4.71. The summed E-state index contributed by atoms with van der Waals surface area (Å²) < 4.78 is 38.4. The molecule has 1 saturated heterocycles. The topological polar surface area (TPSA) is 73.8 Å². The minimum atomic E-state index is -3.10. The van der Waals surface area contributed by atoms with Gasteiger partial charge in [0, 0.05) is 36.3 Å². The number of halogens is 2. The fraction of sp³-hybridized carbons (Fsp3) is 0.611. The lowest BCUT2D eigenvalue weighted by Gasteiger charge is -2.32. The SMILES string of the molecule is CCNC(=NCCSc1ccc(F)cc1)NC1CCN(S(=O)(=O)CC)CC1.I. The van der Waals surface area contributed by atoms with Gasteiger partial charge in [0.2, 0.25) is 10.0 Å². The predicted octanol–water partition coefficient (Wildman–Crippen LogP) is 2.91. The smallest absolute Gasteiger partial charge is 0.213 e. The van der Waals surface area contributed by atoms with E-state index in [9.17, 15) is 12.8 Å². The van der Waals surface area contributed by atoms with Crippen LogP contribution in [0.15, 0.2) is 34.2 Å². The van der Waals surface area contributed by atoms with Gasteiger partial charge in [-0.3, -0.25) is 4.99 Å². The maximum Gasteiger partial charge on any atom is 0.213 e. The first kappa shape index (κ1) is 25.4. The molecule has 0 aromatic heterocycles. The zero-order valence-corrected chi connectivity index (χ0v) is 20.3. The zero-order valence-electron chi connectivity index (χ0n) is 16.4. The number of aliphatic imine (C=N–C) groups is 1. The van der Waals surface area contributed by atoms with Crippen LogP contribution in [0.3, 0.4) is 0 Å². The average Bonchev–Trinajstić information content (AvgIpc) is 2.67. The summed E-state index contributed by atoms with van der Waals surface area (Å²) in [6.45, 7) is 6.20. The van der Waals surface area contributed by atoms with Gasteiger partial charge in [-0.05, 0) is 51.0 Å². The summed E-state index contributed by atoms with van der Waals surface area (Å²) in [6, 6.07) is 6.68. The van der Waals surface area contributed by atoms with Crippen LogP contribution >= 0.6 is 35.7 Å². The molecule has 2 N–H and O–H groups in total. The first-order valence-electron chi connectivity index (χ1n) is 9.35. The number of nitrogens with one attached hydrogen (secondary N) is 2. The van der Waals surface area contributed by atoms with Gasteiger partial charge in [-0.15, -0.1) is 35.7 Å². The third-order valence-electron chi connectivity index (χ3n) is 4.34. The molecule has 0 unspecified atom stereocenters. The van der Waals surface area contributed by atoms with Gasteiger partial charge < -0.3 is 10.6 Å². The van der Waals surface area contributed by atoms with E-state index in [1.807, 2.05) is 6.92 Å². The minimum absolute atomic E-state index is 0. The van der Waals surface area contributed by atoms with Crippen molar-refractivity contribution in [1.82, 2.24) is 14.9 Å². The summed E-state index contributed by atoms with van der Waals surface area (Å²) in [5, 5.41) is 6.65. The molecule has 10 heteroatoms. The van der Waals surface area contributed by atoms with Crippen molar-refractivity contribution in [3.05, 3.63) is 30.1 Å². The molecule has 0 aliphatic carbocycles. The van der Waals surface area contributed by atoms with Gasteiger partial charge in [0.25, 0.3) is 0 Å². The van der Waals surface area contributed by atoms with Gasteiger partial charge in [0.15, 0.2) is 5.96 Å². The van der Waals surface area contributed by atoms with Crippen molar-refractivity contribution in [1.29, 1.82) is 0 Å². The van der Waals surface area contributed by atoms with Crippen LogP contribution in [-0.4, -0.2) is 62.4 Å². The van der Waals surface area contributed by atoms with E-state index in [-0.39, 0.29) is 41.6 Å². The van der Waals surface area contributed by atoms with E-state index < -0.39 is 10.0 Å². The second-order valence-electron chi connectivity index (χ2n) is 6.28. The van der Waals surface area contributed by atoms with E-state index in [4.69, 9.17) is 0 Å². The highest BCUT2D eigenvalue weighted by atomic mass is 127. The number of hydrogen-bond acceptors (Lipinski definition) is 4. The Morgan fingerprint density at radius 2 is 1.89 bits per heavy atom. The maximum absolute atomic E-state index is 12.9. The molecule has 0 bridgehead atoms.